The van der Waals surface area contributed by atoms with Crippen LogP contribution in [0.25, 0.3) is 0 Å². The van der Waals surface area contributed by atoms with E-state index < -0.39 is 0 Å². The maximum Gasteiger partial charge on any atom is 0.228 e. The van der Waals surface area contributed by atoms with E-state index in [-0.39, 0.29) is 18.1 Å². The van der Waals surface area contributed by atoms with Crippen molar-refractivity contribution in [3.63, 3.8) is 0 Å². The minimum atomic E-state index is -0.378. The van der Waals surface area contributed by atoms with E-state index in [0.29, 0.717) is 11.4 Å². The summed E-state index contributed by atoms with van der Waals surface area (Å²) in [6.45, 7) is 0. The van der Waals surface area contributed by atoms with Crippen molar-refractivity contribution < 1.29 is 9.18 Å². The molecule has 0 unspecified atom stereocenters. The summed E-state index contributed by atoms with van der Waals surface area (Å²) < 4.78 is 12.9. The quantitative estimate of drug-likeness (QED) is 0.815. The highest BCUT2D eigenvalue weighted by atomic mass is 19.1. The number of carbonyl (C=O) groups excluding carboxylic acids is 1. The Balaban J connectivity index is 2.01. The molecule has 3 nitrogen and oxygen atoms in total. The number of hydrogen-bond acceptors (Lipinski definition) is 2. The average Bonchev–Trinajstić information content (AvgIpc) is 2.28. The second kappa shape index (κ2) is 5.31. The van der Waals surface area contributed by atoms with E-state index >= 15 is 0 Å². The minimum Gasteiger partial charge on any atom is -0.399 e. The van der Waals surface area contributed by atoms with E-state index in [0.717, 1.165) is 5.56 Å². The van der Waals surface area contributed by atoms with Gasteiger partial charge in [-0.1, -0.05) is 18.2 Å². The van der Waals surface area contributed by atoms with Gasteiger partial charge in [0.05, 0.1) is 6.42 Å². The Morgan fingerprint density at radius 1 is 1.17 bits per heavy atom. The molecular weight excluding hydrogens is 231 g/mol. The molecule has 3 N–H and O–H groups in total. The molecule has 0 aliphatic heterocycles. The van der Waals surface area contributed by atoms with Gasteiger partial charge in [-0.25, -0.2) is 4.39 Å². The monoisotopic (exact) mass is 244 g/mol. The Morgan fingerprint density at radius 3 is 2.67 bits per heavy atom. The largest absolute Gasteiger partial charge is 0.399 e. The summed E-state index contributed by atoms with van der Waals surface area (Å²) in [7, 11) is 0. The third-order valence-corrected chi connectivity index (χ3v) is 2.42. The molecule has 0 bridgehead atoms. The van der Waals surface area contributed by atoms with Gasteiger partial charge in [0.25, 0.3) is 0 Å². The molecule has 0 fully saturated rings. The summed E-state index contributed by atoms with van der Waals surface area (Å²) >= 11 is 0. The van der Waals surface area contributed by atoms with Gasteiger partial charge in [0.1, 0.15) is 5.82 Å². The van der Waals surface area contributed by atoms with Gasteiger partial charge in [0, 0.05) is 11.4 Å². The first kappa shape index (κ1) is 12.1. The standard InChI is InChI=1S/C14H13FN2O/c15-11-4-2-6-13(9-11)17-14(18)8-10-3-1-5-12(16)7-10/h1-7,9H,8,16H2,(H,17,18). The zero-order chi connectivity index (χ0) is 13.0. The van der Waals surface area contributed by atoms with Crippen molar-refractivity contribution in [3.05, 3.63) is 59.9 Å². The number of amides is 1. The number of halogens is 1. The number of carbonyl (C=O) groups is 1. The summed E-state index contributed by atoms with van der Waals surface area (Å²) in [6, 6.07) is 12.9. The van der Waals surface area contributed by atoms with Crippen molar-refractivity contribution in [2.45, 2.75) is 6.42 Å². The molecule has 0 spiro atoms. The molecule has 0 atom stereocenters. The molecule has 0 aliphatic rings. The predicted octanol–water partition coefficient (Wildman–Crippen LogP) is 2.59. The summed E-state index contributed by atoms with van der Waals surface area (Å²) in [4.78, 5) is 11.7. The molecular formula is C14H13FN2O. The zero-order valence-corrected chi connectivity index (χ0v) is 9.69. The van der Waals surface area contributed by atoms with Crippen molar-refractivity contribution >= 4 is 17.3 Å². The lowest BCUT2D eigenvalue weighted by Crippen LogP contribution is -2.14. The molecule has 1 amide bonds. The number of benzene rings is 2. The Kier molecular flexibility index (Phi) is 3.57. The van der Waals surface area contributed by atoms with Crippen molar-refractivity contribution in [2.24, 2.45) is 0 Å². The van der Waals surface area contributed by atoms with E-state index in [1.165, 1.54) is 12.1 Å². The smallest absolute Gasteiger partial charge is 0.228 e. The second-order valence-corrected chi connectivity index (χ2v) is 3.98. The van der Waals surface area contributed by atoms with E-state index in [9.17, 15) is 9.18 Å². The lowest BCUT2D eigenvalue weighted by molar-refractivity contribution is -0.115. The van der Waals surface area contributed by atoms with Crippen molar-refractivity contribution in [1.82, 2.24) is 0 Å². The minimum absolute atomic E-state index is 0.203. The predicted molar refractivity (Wildman–Crippen MR) is 69.6 cm³/mol. The highest BCUT2D eigenvalue weighted by molar-refractivity contribution is 5.92. The Morgan fingerprint density at radius 2 is 1.94 bits per heavy atom. The van der Waals surface area contributed by atoms with E-state index in [4.69, 9.17) is 5.73 Å². The molecule has 2 rings (SSSR count). The molecule has 0 saturated heterocycles. The van der Waals surface area contributed by atoms with Gasteiger partial charge in [0.2, 0.25) is 5.91 Å². The van der Waals surface area contributed by atoms with E-state index in [1.807, 2.05) is 6.07 Å². The fourth-order valence-corrected chi connectivity index (χ4v) is 1.66. The van der Waals surface area contributed by atoms with Gasteiger partial charge in [-0.05, 0) is 35.9 Å². The zero-order valence-electron chi connectivity index (χ0n) is 9.69. The molecule has 0 radical (unpaired) electrons. The molecule has 2 aromatic rings. The molecule has 4 heteroatoms. The maximum atomic E-state index is 12.9. The third kappa shape index (κ3) is 3.31. The number of hydrogen-bond donors (Lipinski definition) is 2. The number of nitrogens with two attached hydrogens (primary N) is 1. The van der Waals surface area contributed by atoms with Crippen LogP contribution in [0, 0.1) is 5.82 Å². The highest BCUT2D eigenvalue weighted by Gasteiger charge is 2.04. The summed E-state index contributed by atoms with van der Waals surface area (Å²) in [5.74, 6) is -0.581. The van der Waals surface area contributed by atoms with Crippen LogP contribution in [0.5, 0.6) is 0 Å². The number of nitrogen functional groups attached to an aromatic ring is 1. The van der Waals surface area contributed by atoms with Crippen LogP contribution in [0.2, 0.25) is 0 Å². The van der Waals surface area contributed by atoms with Crippen LogP contribution in [0.1, 0.15) is 5.56 Å². The first-order valence-electron chi connectivity index (χ1n) is 5.53. The van der Waals surface area contributed by atoms with Gasteiger partial charge in [-0.3, -0.25) is 4.79 Å². The first-order chi connectivity index (χ1) is 8.63. The summed E-state index contributed by atoms with van der Waals surface area (Å²) in [5, 5.41) is 2.63. The lowest BCUT2D eigenvalue weighted by Gasteiger charge is -2.05. The molecule has 0 aliphatic carbocycles. The van der Waals surface area contributed by atoms with Gasteiger partial charge < -0.3 is 11.1 Å². The molecule has 0 aromatic heterocycles. The lowest BCUT2D eigenvalue weighted by atomic mass is 10.1. The maximum absolute atomic E-state index is 12.9. The molecule has 2 aromatic carbocycles. The van der Waals surface area contributed by atoms with Crippen LogP contribution in [-0.2, 0) is 11.2 Å². The van der Waals surface area contributed by atoms with Crippen LogP contribution in [0.4, 0.5) is 15.8 Å². The van der Waals surface area contributed by atoms with Crippen molar-refractivity contribution in [3.8, 4) is 0 Å². The highest BCUT2D eigenvalue weighted by Crippen LogP contribution is 2.11. The van der Waals surface area contributed by atoms with Crippen LogP contribution in [0.15, 0.2) is 48.5 Å². The Labute approximate surface area is 104 Å². The Bertz CT molecular complexity index is 520. The van der Waals surface area contributed by atoms with Gasteiger partial charge in [0.15, 0.2) is 0 Å². The van der Waals surface area contributed by atoms with Crippen LogP contribution in [0.3, 0.4) is 0 Å². The molecule has 18 heavy (non-hydrogen) atoms. The summed E-state index contributed by atoms with van der Waals surface area (Å²) in [6.07, 6.45) is 0.210. The normalized spacial score (nSPS) is 10.1. The number of anilines is 2. The van der Waals surface area contributed by atoms with Crippen LogP contribution >= 0.6 is 0 Å². The third-order valence-electron chi connectivity index (χ3n) is 2.42. The topological polar surface area (TPSA) is 55.1 Å². The molecule has 0 saturated carbocycles. The van der Waals surface area contributed by atoms with Crippen LogP contribution < -0.4 is 11.1 Å². The fourth-order valence-electron chi connectivity index (χ4n) is 1.66. The first-order valence-corrected chi connectivity index (χ1v) is 5.53. The summed E-state index contributed by atoms with van der Waals surface area (Å²) in [5.41, 5.74) is 7.51. The number of nitrogens with one attached hydrogen (secondary N) is 1. The SMILES string of the molecule is Nc1cccc(CC(=O)Nc2cccc(F)c2)c1. The van der Waals surface area contributed by atoms with E-state index in [1.54, 1.807) is 30.3 Å². The van der Waals surface area contributed by atoms with Gasteiger partial charge >= 0.3 is 0 Å². The second-order valence-electron chi connectivity index (χ2n) is 3.98. The average molecular weight is 244 g/mol. The van der Waals surface area contributed by atoms with Crippen molar-refractivity contribution in [2.75, 3.05) is 11.1 Å². The molecule has 92 valence electrons. The van der Waals surface area contributed by atoms with Gasteiger partial charge in [-0.15, -0.1) is 0 Å². The Hall–Kier alpha value is -2.36. The van der Waals surface area contributed by atoms with Crippen LogP contribution in [-0.4, -0.2) is 5.91 Å². The fraction of sp³-hybridized carbons (Fsp3) is 0.0714. The van der Waals surface area contributed by atoms with Crippen molar-refractivity contribution in [1.29, 1.82) is 0 Å². The molecule has 0 heterocycles. The number of rotatable bonds is 3. The van der Waals surface area contributed by atoms with E-state index in [2.05, 4.69) is 5.32 Å². The van der Waals surface area contributed by atoms with Gasteiger partial charge in [-0.2, -0.15) is 0 Å².